The highest BCUT2D eigenvalue weighted by Gasteiger charge is 2.51. The number of nitriles is 1. The maximum atomic E-state index is 12.5. The van der Waals surface area contributed by atoms with E-state index < -0.39 is 11.5 Å². The molecule has 0 bridgehead atoms. The van der Waals surface area contributed by atoms with Gasteiger partial charge in [-0.15, -0.1) is 0 Å². The molecule has 1 heterocycles. The first-order chi connectivity index (χ1) is 9.07. The molecule has 0 radical (unpaired) electrons. The Morgan fingerprint density at radius 1 is 1.53 bits per heavy atom. The quantitative estimate of drug-likeness (QED) is 0.839. The number of carbonyl (C=O) groups excluding carboxylic acids is 1. The van der Waals surface area contributed by atoms with Crippen molar-refractivity contribution in [2.24, 2.45) is 0 Å². The SMILES string of the molecule is C=C(C#N)C1(O)C(=O)N(CCCC)c2ccccc21. The molecule has 1 atom stereocenters. The first-order valence-corrected chi connectivity index (χ1v) is 6.30. The zero-order valence-corrected chi connectivity index (χ0v) is 10.9. The lowest BCUT2D eigenvalue weighted by Crippen LogP contribution is -2.41. The summed E-state index contributed by atoms with van der Waals surface area (Å²) in [6, 6.07) is 8.81. The van der Waals surface area contributed by atoms with Gasteiger partial charge in [-0.05, 0) is 12.5 Å². The molecule has 1 unspecified atom stereocenters. The van der Waals surface area contributed by atoms with Crippen molar-refractivity contribution in [2.45, 2.75) is 25.4 Å². The molecular weight excluding hydrogens is 240 g/mol. The van der Waals surface area contributed by atoms with Crippen molar-refractivity contribution in [3.8, 4) is 6.07 Å². The number of fused-ring (bicyclic) bond motifs is 1. The molecule has 1 aromatic rings. The number of rotatable bonds is 4. The number of carbonyl (C=O) groups is 1. The highest BCUT2D eigenvalue weighted by molar-refractivity contribution is 6.09. The Morgan fingerprint density at radius 3 is 2.84 bits per heavy atom. The second-order valence-corrected chi connectivity index (χ2v) is 4.63. The van der Waals surface area contributed by atoms with Crippen molar-refractivity contribution in [3.63, 3.8) is 0 Å². The fraction of sp³-hybridized carbons (Fsp3) is 0.333. The van der Waals surface area contributed by atoms with Crippen LogP contribution in [0.1, 0.15) is 25.3 Å². The first-order valence-electron chi connectivity index (χ1n) is 6.30. The van der Waals surface area contributed by atoms with Crippen LogP contribution in [0.25, 0.3) is 0 Å². The third-order valence-electron chi connectivity index (χ3n) is 3.45. The summed E-state index contributed by atoms with van der Waals surface area (Å²) < 4.78 is 0. The van der Waals surface area contributed by atoms with Crippen molar-refractivity contribution in [2.75, 3.05) is 11.4 Å². The van der Waals surface area contributed by atoms with Gasteiger partial charge in [0.25, 0.3) is 5.91 Å². The number of hydrogen-bond donors (Lipinski definition) is 1. The Morgan fingerprint density at radius 2 is 2.21 bits per heavy atom. The van der Waals surface area contributed by atoms with Gasteiger partial charge in [-0.1, -0.05) is 38.1 Å². The van der Waals surface area contributed by atoms with E-state index in [2.05, 4.69) is 6.58 Å². The number of para-hydroxylation sites is 1. The summed E-state index contributed by atoms with van der Waals surface area (Å²) in [4.78, 5) is 14.0. The number of aliphatic hydroxyl groups is 1. The summed E-state index contributed by atoms with van der Waals surface area (Å²) in [5.41, 5.74) is -0.925. The molecule has 2 rings (SSSR count). The molecule has 98 valence electrons. The molecule has 1 aliphatic rings. The minimum atomic E-state index is -1.90. The van der Waals surface area contributed by atoms with Crippen molar-refractivity contribution in [3.05, 3.63) is 42.0 Å². The van der Waals surface area contributed by atoms with Gasteiger partial charge in [0, 0.05) is 12.1 Å². The average Bonchev–Trinajstić information content (AvgIpc) is 2.66. The fourth-order valence-electron chi connectivity index (χ4n) is 2.35. The molecule has 0 spiro atoms. The number of nitrogens with zero attached hydrogens (tertiary/aromatic N) is 2. The number of anilines is 1. The summed E-state index contributed by atoms with van der Waals surface area (Å²) in [6.07, 6.45) is 1.79. The molecule has 4 nitrogen and oxygen atoms in total. The van der Waals surface area contributed by atoms with Gasteiger partial charge in [0.1, 0.15) is 0 Å². The van der Waals surface area contributed by atoms with Crippen LogP contribution in [-0.4, -0.2) is 17.6 Å². The first kappa shape index (κ1) is 13.3. The maximum Gasteiger partial charge on any atom is 0.269 e. The van der Waals surface area contributed by atoms with Gasteiger partial charge in [0.2, 0.25) is 5.60 Å². The molecule has 1 aliphatic heterocycles. The minimum Gasteiger partial charge on any atom is -0.371 e. The molecule has 0 fully saturated rings. The summed E-state index contributed by atoms with van der Waals surface area (Å²) in [7, 11) is 0. The lowest BCUT2D eigenvalue weighted by atomic mass is 9.89. The lowest BCUT2D eigenvalue weighted by molar-refractivity contribution is -0.132. The Bertz CT molecular complexity index is 574. The molecular formula is C15H16N2O2. The van der Waals surface area contributed by atoms with E-state index in [-0.39, 0.29) is 5.57 Å². The van der Waals surface area contributed by atoms with Crippen LogP contribution in [0.3, 0.4) is 0 Å². The molecule has 0 aromatic heterocycles. The monoisotopic (exact) mass is 256 g/mol. The lowest BCUT2D eigenvalue weighted by Gasteiger charge is -2.21. The molecule has 1 aromatic carbocycles. The van der Waals surface area contributed by atoms with E-state index in [0.29, 0.717) is 17.8 Å². The van der Waals surface area contributed by atoms with E-state index in [9.17, 15) is 9.90 Å². The van der Waals surface area contributed by atoms with Crippen molar-refractivity contribution < 1.29 is 9.90 Å². The summed E-state index contributed by atoms with van der Waals surface area (Å²) in [6.45, 7) is 6.10. The number of unbranched alkanes of at least 4 members (excludes halogenated alkanes) is 1. The van der Waals surface area contributed by atoms with E-state index in [1.165, 1.54) is 0 Å². The van der Waals surface area contributed by atoms with Gasteiger partial charge in [0.05, 0.1) is 17.3 Å². The van der Waals surface area contributed by atoms with Crippen molar-refractivity contribution in [1.29, 1.82) is 5.26 Å². The molecule has 19 heavy (non-hydrogen) atoms. The van der Waals surface area contributed by atoms with Crippen LogP contribution < -0.4 is 4.90 Å². The molecule has 0 saturated heterocycles. The maximum absolute atomic E-state index is 12.5. The molecule has 1 amide bonds. The minimum absolute atomic E-state index is 0.135. The zero-order chi connectivity index (χ0) is 14.0. The molecule has 0 aliphatic carbocycles. The van der Waals surface area contributed by atoms with Gasteiger partial charge in [-0.3, -0.25) is 4.79 Å². The fourth-order valence-corrected chi connectivity index (χ4v) is 2.35. The Kier molecular flexibility index (Phi) is 3.41. The van der Waals surface area contributed by atoms with Crippen LogP contribution in [0, 0.1) is 11.3 Å². The molecule has 0 saturated carbocycles. The molecule has 4 heteroatoms. The second-order valence-electron chi connectivity index (χ2n) is 4.63. The standard InChI is InChI=1S/C15H16N2O2/c1-3-4-9-17-13-8-6-5-7-12(13)15(19,14(17)18)11(2)10-16/h5-8,19H,2-4,9H2,1H3. The number of amides is 1. The predicted octanol–water partition coefficient (Wildman–Crippen LogP) is 2.10. The Balaban J connectivity index is 2.53. The highest BCUT2D eigenvalue weighted by Crippen LogP contribution is 2.43. The van der Waals surface area contributed by atoms with Crippen LogP contribution in [0.5, 0.6) is 0 Å². The normalized spacial score (nSPS) is 21.1. The Labute approximate surface area is 112 Å². The third kappa shape index (κ3) is 1.83. The summed E-state index contributed by atoms with van der Waals surface area (Å²) in [5, 5.41) is 19.6. The predicted molar refractivity (Wildman–Crippen MR) is 72.4 cm³/mol. The van der Waals surface area contributed by atoms with E-state index in [0.717, 1.165) is 12.8 Å². The topological polar surface area (TPSA) is 64.3 Å². The van der Waals surface area contributed by atoms with Crippen molar-refractivity contribution >= 4 is 11.6 Å². The van der Waals surface area contributed by atoms with Crippen LogP contribution >= 0.6 is 0 Å². The van der Waals surface area contributed by atoms with Gasteiger partial charge in [-0.25, -0.2) is 0 Å². The third-order valence-corrected chi connectivity index (χ3v) is 3.45. The van der Waals surface area contributed by atoms with Crippen LogP contribution in [0.4, 0.5) is 5.69 Å². The van der Waals surface area contributed by atoms with Gasteiger partial charge < -0.3 is 10.0 Å². The van der Waals surface area contributed by atoms with E-state index >= 15 is 0 Å². The highest BCUT2D eigenvalue weighted by atomic mass is 16.3. The Hall–Kier alpha value is -2.12. The van der Waals surface area contributed by atoms with E-state index in [4.69, 9.17) is 5.26 Å². The van der Waals surface area contributed by atoms with Gasteiger partial charge >= 0.3 is 0 Å². The second kappa shape index (κ2) is 4.87. The molecule has 1 N–H and O–H groups in total. The largest absolute Gasteiger partial charge is 0.371 e. The number of hydrogen-bond acceptors (Lipinski definition) is 3. The van der Waals surface area contributed by atoms with Crippen LogP contribution in [0.2, 0.25) is 0 Å². The van der Waals surface area contributed by atoms with Crippen LogP contribution in [0.15, 0.2) is 36.4 Å². The van der Waals surface area contributed by atoms with Crippen LogP contribution in [-0.2, 0) is 10.4 Å². The summed E-state index contributed by atoms with van der Waals surface area (Å²) >= 11 is 0. The van der Waals surface area contributed by atoms with E-state index in [1.807, 2.05) is 13.0 Å². The van der Waals surface area contributed by atoms with Gasteiger partial charge in [-0.2, -0.15) is 5.26 Å². The summed E-state index contributed by atoms with van der Waals surface area (Å²) in [5.74, 6) is -0.478. The zero-order valence-electron chi connectivity index (χ0n) is 10.9. The average molecular weight is 256 g/mol. The van der Waals surface area contributed by atoms with E-state index in [1.54, 1.807) is 29.2 Å². The number of benzene rings is 1. The smallest absolute Gasteiger partial charge is 0.269 e. The van der Waals surface area contributed by atoms with Crippen molar-refractivity contribution in [1.82, 2.24) is 0 Å². The van der Waals surface area contributed by atoms with Gasteiger partial charge in [0.15, 0.2) is 0 Å².